The summed E-state index contributed by atoms with van der Waals surface area (Å²) in [6.07, 6.45) is -0.625. The third-order valence-electron chi connectivity index (χ3n) is 4.26. The zero-order valence-electron chi connectivity index (χ0n) is 15.7. The molecule has 0 bridgehead atoms. The van der Waals surface area contributed by atoms with Gasteiger partial charge >= 0.3 is 6.03 Å². The summed E-state index contributed by atoms with van der Waals surface area (Å²) in [6.45, 7) is 0. The Balaban J connectivity index is 1.76. The highest BCUT2D eigenvalue weighted by molar-refractivity contribution is 7.14. The number of amides is 4. The SMILES string of the molecule is CN1C(=N)/C(=C(\O)CC(=O)Nc2nc(-c3cccc(Cl)c3F)cs2)C(=O)N(C)C1=O. The number of aliphatic hydroxyl groups excluding tert-OH is 1. The van der Waals surface area contributed by atoms with E-state index in [1.807, 2.05) is 0 Å². The number of amidine groups is 1. The molecular formula is C18H15ClFN5O4S. The number of nitrogens with one attached hydrogen (secondary N) is 2. The van der Waals surface area contributed by atoms with E-state index in [-0.39, 0.29) is 21.4 Å². The van der Waals surface area contributed by atoms with Crippen LogP contribution in [0.4, 0.5) is 14.3 Å². The van der Waals surface area contributed by atoms with Crippen molar-refractivity contribution in [2.45, 2.75) is 6.42 Å². The van der Waals surface area contributed by atoms with Gasteiger partial charge in [-0.15, -0.1) is 11.3 Å². The largest absolute Gasteiger partial charge is 0.511 e. The van der Waals surface area contributed by atoms with Crippen molar-refractivity contribution in [1.82, 2.24) is 14.8 Å². The smallest absolute Gasteiger partial charge is 0.332 e. The van der Waals surface area contributed by atoms with E-state index in [0.717, 1.165) is 21.1 Å². The van der Waals surface area contributed by atoms with Crippen LogP contribution in [0.25, 0.3) is 11.3 Å². The number of urea groups is 1. The lowest BCUT2D eigenvalue weighted by Gasteiger charge is -2.31. The van der Waals surface area contributed by atoms with E-state index in [1.54, 1.807) is 6.07 Å². The van der Waals surface area contributed by atoms with Crippen LogP contribution >= 0.6 is 22.9 Å². The molecule has 1 fully saturated rings. The molecule has 0 aliphatic carbocycles. The lowest BCUT2D eigenvalue weighted by atomic mass is 10.1. The van der Waals surface area contributed by atoms with Gasteiger partial charge in [0.2, 0.25) is 5.91 Å². The summed E-state index contributed by atoms with van der Waals surface area (Å²) in [4.78, 5) is 42.0. The second-order valence-corrected chi connectivity index (χ2v) is 7.51. The Morgan fingerprint density at radius 1 is 1.33 bits per heavy atom. The maximum atomic E-state index is 14.1. The van der Waals surface area contributed by atoms with Crippen LogP contribution in [0.1, 0.15) is 6.42 Å². The van der Waals surface area contributed by atoms with Crippen molar-refractivity contribution in [2.24, 2.45) is 0 Å². The Kier molecular flexibility index (Phi) is 5.85. The first-order valence-corrected chi connectivity index (χ1v) is 9.64. The lowest BCUT2D eigenvalue weighted by Crippen LogP contribution is -2.53. The maximum absolute atomic E-state index is 14.1. The predicted octanol–water partition coefficient (Wildman–Crippen LogP) is 3.24. The van der Waals surface area contributed by atoms with E-state index < -0.39 is 47.3 Å². The first-order chi connectivity index (χ1) is 14.1. The van der Waals surface area contributed by atoms with Crippen molar-refractivity contribution in [3.8, 4) is 11.3 Å². The molecule has 1 aromatic heterocycles. The molecule has 1 saturated heterocycles. The van der Waals surface area contributed by atoms with Crippen molar-refractivity contribution in [2.75, 3.05) is 19.4 Å². The highest BCUT2D eigenvalue weighted by Gasteiger charge is 2.38. The molecule has 1 aliphatic rings. The van der Waals surface area contributed by atoms with Gasteiger partial charge in [0.1, 0.15) is 17.2 Å². The second kappa shape index (κ2) is 8.20. The minimum absolute atomic E-state index is 0.0596. The second-order valence-electron chi connectivity index (χ2n) is 6.24. The normalized spacial score (nSPS) is 16.2. The summed E-state index contributed by atoms with van der Waals surface area (Å²) >= 11 is 6.80. The van der Waals surface area contributed by atoms with Crippen molar-refractivity contribution in [3.63, 3.8) is 0 Å². The van der Waals surface area contributed by atoms with Crippen LogP contribution in [-0.4, -0.2) is 57.7 Å². The monoisotopic (exact) mass is 451 g/mol. The summed E-state index contributed by atoms with van der Waals surface area (Å²) < 4.78 is 14.1. The first-order valence-electron chi connectivity index (χ1n) is 8.38. The molecule has 0 radical (unpaired) electrons. The molecule has 1 aliphatic heterocycles. The average molecular weight is 452 g/mol. The molecule has 2 aromatic rings. The van der Waals surface area contributed by atoms with Gasteiger partial charge in [-0.05, 0) is 12.1 Å². The van der Waals surface area contributed by atoms with E-state index in [2.05, 4.69) is 10.3 Å². The minimum Gasteiger partial charge on any atom is -0.511 e. The third-order valence-corrected chi connectivity index (χ3v) is 5.31. The fraction of sp³-hybridized carbons (Fsp3) is 0.167. The van der Waals surface area contributed by atoms with Crippen molar-refractivity contribution < 1.29 is 23.9 Å². The van der Waals surface area contributed by atoms with Gasteiger partial charge in [0.15, 0.2) is 10.9 Å². The van der Waals surface area contributed by atoms with Crippen molar-refractivity contribution >= 4 is 51.8 Å². The topological polar surface area (TPSA) is 127 Å². The van der Waals surface area contributed by atoms with Crippen molar-refractivity contribution in [1.29, 1.82) is 5.41 Å². The molecule has 0 spiro atoms. The standard InChI is InChI=1S/C18H15ClFN5O4S/c1-24-15(21)13(16(28)25(2)18(24)29)11(26)6-12(27)23-17-22-10(7-30-17)8-4-3-5-9(19)14(8)20/h3-5,7,21,26H,6H2,1-2H3,(H,22,23,27)/b13-11+,21-15?. The molecule has 30 heavy (non-hydrogen) atoms. The zero-order valence-corrected chi connectivity index (χ0v) is 17.3. The Hall–Kier alpha value is -3.31. The molecule has 2 heterocycles. The number of aromatic nitrogens is 1. The zero-order chi connectivity index (χ0) is 22.2. The number of aliphatic hydroxyl groups is 1. The van der Waals surface area contributed by atoms with Gasteiger partial charge < -0.3 is 10.4 Å². The van der Waals surface area contributed by atoms with Gasteiger partial charge in [0.05, 0.1) is 17.1 Å². The van der Waals surface area contributed by atoms with E-state index in [9.17, 15) is 23.9 Å². The number of nitrogens with zero attached hydrogens (tertiary/aromatic N) is 3. The molecule has 0 saturated carbocycles. The number of hydrogen-bond acceptors (Lipinski definition) is 7. The Morgan fingerprint density at radius 2 is 2.03 bits per heavy atom. The van der Waals surface area contributed by atoms with Crippen molar-refractivity contribution in [3.05, 3.63) is 45.8 Å². The Morgan fingerprint density at radius 3 is 2.73 bits per heavy atom. The highest BCUT2D eigenvalue weighted by atomic mass is 35.5. The molecular weight excluding hydrogens is 437 g/mol. The summed E-state index contributed by atoms with van der Waals surface area (Å²) in [5.41, 5.74) is -0.0133. The quantitative estimate of drug-likeness (QED) is 0.485. The minimum atomic E-state index is -0.888. The Labute approximate surface area is 178 Å². The summed E-state index contributed by atoms with van der Waals surface area (Å²) in [5, 5.41) is 22.2. The molecule has 3 N–H and O–H groups in total. The average Bonchev–Trinajstić information content (AvgIpc) is 3.15. The fourth-order valence-corrected chi connectivity index (χ4v) is 3.57. The van der Waals surface area contributed by atoms with E-state index in [1.165, 1.54) is 31.6 Å². The number of likely N-dealkylation sites (N-methyl/N-ethyl adjacent to an activating group) is 2. The molecule has 12 heteroatoms. The maximum Gasteiger partial charge on any atom is 0.332 e. The number of benzene rings is 1. The predicted molar refractivity (Wildman–Crippen MR) is 109 cm³/mol. The summed E-state index contributed by atoms with van der Waals surface area (Å²) in [5.74, 6) is -3.41. The Bertz CT molecular complexity index is 1090. The number of hydrogen-bond donors (Lipinski definition) is 3. The number of anilines is 1. The number of carbonyl (C=O) groups is 3. The molecule has 4 amide bonds. The molecule has 9 nitrogen and oxygen atoms in total. The molecule has 156 valence electrons. The highest BCUT2D eigenvalue weighted by Crippen LogP contribution is 2.30. The summed E-state index contributed by atoms with van der Waals surface area (Å²) in [6, 6.07) is 3.73. The van der Waals surface area contributed by atoms with Gasteiger partial charge in [-0.2, -0.15) is 0 Å². The van der Waals surface area contributed by atoms with Gasteiger partial charge in [0.25, 0.3) is 5.91 Å². The number of thiazole rings is 1. The fourth-order valence-electron chi connectivity index (χ4n) is 2.66. The van der Waals surface area contributed by atoms with E-state index >= 15 is 0 Å². The third kappa shape index (κ3) is 3.89. The van der Waals surface area contributed by atoms with Gasteiger partial charge in [-0.25, -0.2) is 14.2 Å². The van der Waals surface area contributed by atoms with Gasteiger partial charge in [0, 0.05) is 25.0 Å². The summed E-state index contributed by atoms with van der Waals surface area (Å²) in [7, 11) is 2.47. The van der Waals surface area contributed by atoms with E-state index in [4.69, 9.17) is 17.0 Å². The van der Waals surface area contributed by atoms with Crippen LogP contribution in [0, 0.1) is 11.2 Å². The van der Waals surface area contributed by atoms with E-state index in [0.29, 0.717) is 0 Å². The van der Waals surface area contributed by atoms with Crippen LogP contribution in [-0.2, 0) is 9.59 Å². The van der Waals surface area contributed by atoms with Crippen LogP contribution in [0.3, 0.4) is 0 Å². The number of halogens is 2. The van der Waals surface area contributed by atoms with Crippen LogP contribution < -0.4 is 5.32 Å². The van der Waals surface area contributed by atoms with Crippen LogP contribution in [0.15, 0.2) is 34.9 Å². The molecule has 0 unspecified atom stereocenters. The number of rotatable bonds is 4. The van der Waals surface area contributed by atoms with Crippen LogP contribution in [0.5, 0.6) is 0 Å². The number of imide groups is 1. The van der Waals surface area contributed by atoms with Gasteiger partial charge in [-0.3, -0.25) is 24.8 Å². The molecule has 3 rings (SSSR count). The molecule has 1 aromatic carbocycles. The van der Waals surface area contributed by atoms with Gasteiger partial charge in [-0.1, -0.05) is 17.7 Å². The molecule has 0 atom stereocenters. The first kappa shape index (κ1) is 21.4. The van der Waals surface area contributed by atoms with Crippen LogP contribution in [0.2, 0.25) is 5.02 Å². The number of carbonyl (C=O) groups excluding carboxylic acids is 3. The lowest BCUT2D eigenvalue weighted by molar-refractivity contribution is -0.123.